The molecule has 10 heteroatoms. The third kappa shape index (κ3) is 3.16. The average Bonchev–Trinajstić information content (AvgIpc) is 2.86. The summed E-state index contributed by atoms with van der Waals surface area (Å²) in [5, 5.41) is 22.6. The number of carbonyl (C=O) groups excluding carboxylic acids is 1. The maximum atomic E-state index is 11.8. The number of azo groups is 1. The number of amides is 1. The minimum atomic E-state index is -0.963. The van der Waals surface area contributed by atoms with Gasteiger partial charge in [0.2, 0.25) is 11.6 Å². The van der Waals surface area contributed by atoms with Crippen LogP contribution in [0.3, 0.4) is 0 Å². The Morgan fingerprint density at radius 2 is 1.95 bits per heavy atom. The third-order valence-electron chi connectivity index (χ3n) is 2.74. The van der Waals surface area contributed by atoms with Gasteiger partial charge in [-0.3, -0.25) is 24.7 Å². The van der Waals surface area contributed by atoms with Crippen molar-refractivity contribution in [3.05, 3.63) is 38.3 Å². The summed E-state index contributed by atoms with van der Waals surface area (Å²) in [5.74, 6) is -1.57. The highest BCUT2D eigenvalue weighted by atomic mass is 16.3. The van der Waals surface area contributed by atoms with E-state index in [1.807, 2.05) is 30.7 Å². The largest absolute Gasteiger partial charge is 0.493 e. The first-order chi connectivity index (χ1) is 10.2. The van der Waals surface area contributed by atoms with Gasteiger partial charge >= 0.3 is 11.6 Å². The smallest absolute Gasteiger partial charge is 0.328 e. The number of carbonyl (C=O) groups is 1. The van der Waals surface area contributed by atoms with Crippen molar-refractivity contribution in [2.24, 2.45) is 10.2 Å². The van der Waals surface area contributed by atoms with Gasteiger partial charge in [0.25, 0.3) is 5.56 Å². The van der Waals surface area contributed by atoms with Crippen LogP contribution >= 0.6 is 0 Å². The summed E-state index contributed by atoms with van der Waals surface area (Å²) < 4.78 is 0. The van der Waals surface area contributed by atoms with E-state index in [1.54, 1.807) is 0 Å². The molecule has 0 saturated carbocycles. The molecule has 0 bridgehead atoms. The molecule has 1 amide bonds. The Morgan fingerprint density at radius 3 is 2.50 bits per heavy atom. The molecule has 0 saturated heterocycles. The van der Waals surface area contributed by atoms with Crippen LogP contribution in [0.2, 0.25) is 0 Å². The van der Waals surface area contributed by atoms with Crippen LogP contribution in [0.1, 0.15) is 37.0 Å². The zero-order valence-corrected chi connectivity index (χ0v) is 12.1. The van der Waals surface area contributed by atoms with Crippen molar-refractivity contribution in [3.63, 3.8) is 0 Å². The molecule has 10 nitrogen and oxygen atoms in total. The molecule has 0 spiro atoms. The highest BCUT2D eigenvalue weighted by Gasteiger charge is 2.19. The maximum absolute atomic E-state index is 11.8. The van der Waals surface area contributed by atoms with E-state index in [0.29, 0.717) is 0 Å². The van der Waals surface area contributed by atoms with Crippen molar-refractivity contribution in [1.82, 2.24) is 20.2 Å². The van der Waals surface area contributed by atoms with Gasteiger partial charge in [-0.05, 0) is 6.07 Å². The van der Waals surface area contributed by atoms with Gasteiger partial charge in [0.05, 0.1) is 0 Å². The molecule has 0 aliphatic carbocycles. The first-order valence-electron chi connectivity index (χ1n) is 6.26. The second-order valence-electron chi connectivity index (χ2n) is 5.53. The predicted molar refractivity (Wildman–Crippen MR) is 75.5 cm³/mol. The maximum Gasteiger partial charge on any atom is 0.328 e. The number of aromatic hydroxyl groups is 1. The van der Waals surface area contributed by atoms with Gasteiger partial charge in [-0.1, -0.05) is 20.8 Å². The molecule has 2 aromatic rings. The van der Waals surface area contributed by atoms with E-state index in [9.17, 15) is 19.5 Å². The highest BCUT2D eigenvalue weighted by molar-refractivity contribution is 5.92. The lowest BCUT2D eigenvalue weighted by atomic mass is 9.92. The Hall–Kier alpha value is -3.04. The molecule has 4 N–H and O–H groups in total. The van der Waals surface area contributed by atoms with Gasteiger partial charge in [0, 0.05) is 11.1 Å². The van der Waals surface area contributed by atoms with Gasteiger partial charge < -0.3 is 5.11 Å². The van der Waals surface area contributed by atoms with Crippen molar-refractivity contribution in [3.8, 4) is 5.88 Å². The summed E-state index contributed by atoms with van der Waals surface area (Å²) >= 11 is 0. The second kappa shape index (κ2) is 5.39. The summed E-state index contributed by atoms with van der Waals surface area (Å²) in [6.45, 7) is 5.82. The lowest BCUT2D eigenvalue weighted by Crippen LogP contribution is -2.21. The van der Waals surface area contributed by atoms with Crippen LogP contribution in [0.15, 0.2) is 25.9 Å². The Kier molecular flexibility index (Phi) is 3.76. The summed E-state index contributed by atoms with van der Waals surface area (Å²) in [5.41, 5.74) is -1.90. The number of hydrogen-bond donors (Lipinski definition) is 4. The summed E-state index contributed by atoms with van der Waals surface area (Å²) in [4.78, 5) is 37.9. The number of H-pyrrole nitrogens is 3. The van der Waals surface area contributed by atoms with E-state index in [2.05, 4.69) is 20.4 Å². The van der Waals surface area contributed by atoms with Crippen LogP contribution in [0.25, 0.3) is 0 Å². The molecule has 0 unspecified atom stereocenters. The normalized spacial score (nSPS) is 12.0. The number of aromatic amines is 3. The Labute approximate surface area is 123 Å². The van der Waals surface area contributed by atoms with Crippen LogP contribution in [0.4, 0.5) is 5.69 Å². The lowest BCUT2D eigenvalue weighted by Gasteiger charge is -2.14. The first kappa shape index (κ1) is 15.4. The monoisotopic (exact) mass is 306 g/mol. The Bertz CT molecular complexity index is 851. The van der Waals surface area contributed by atoms with Crippen molar-refractivity contribution < 1.29 is 9.90 Å². The standard InChI is InChI=1S/C12H14N6O4/c1-12(2,3)6-4-5(15-16-6)8(19)18-17-7-9(20)13-11(22)14-10(7)21/h4H,1-3H3,(H,15,16)(H3,13,14,20,21,22). The molecule has 0 atom stereocenters. The van der Waals surface area contributed by atoms with Crippen molar-refractivity contribution >= 4 is 11.6 Å². The van der Waals surface area contributed by atoms with Gasteiger partial charge in [-0.25, -0.2) is 4.79 Å². The Morgan fingerprint density at radius 1 is 1.27 bits per heavy atom. The minimum absolute atomic E-state index is 0.0222. The fourth-order valence-corrected chi connectivity index (χ4v) is 1.52. The van der Waals surface area contributed by atoms with E-state index in [-0.39, 0.29) is 11.1 Å². The molecule has 2 rings (SSSR count). The summed E-state index contributed by atoms with van der Waals surface area (Å²) in [7, 11) is 0. The average molecular weight is 306 g/mol. The fourth-order valence-electron chi connectivity index (χ4n) is 1.52. The van der Waals surface area contributed by atoms with E-state index in [0.717, 1.165) is 5.69 Å². The molecule has 2 heterocycles. The SMILES string of the molecule is CC(C)(C)c1cc(C(=O)N=Nc2c(O)[nH]c(=O)[nH]c2=O)n[nH]1. The van der Waals surface area contributed by atoms with E-state index in [4.69, 9.17) is 0 Å². The molecule has 0 aliphatic heterocycles. The third-order valence-corrected chi connectivity index (χ3v) is 2.74. The van der Waals surface area contributed by atoms with Crippen LogP contribution in [0.5, 0.6) is 5.88 Å². The van der Waals surface area contributed by atoms with Crippen LogP contribution in [-0.2, 0) is 5.41 Å². The molecule has 2 aromatic heterocycles. The number of nitrogens with one attached hydrogen (secondary N) is 3. The van der Waals surface area contributed by atoms with E-state index in [1.165, 1.54) is 6.07 Å². The predicted octanol–water partition coefficient (Wildman–Crippen LogP) is 0.714. The quantitative estimate of drug-likeness (QED) is 0.601. The molecule has 22 heavy (non-hydrogen) atoms. The van der Waals surface area contributed by atoms with Crippen molar-refractivity contribution in [2.75, 3.05) is 0 Å². The van der Waals surface area contributed by atoms with Crippen LogP contribution < -0.4 is 11.2 Å². The van der Waals surface area contributed by atoms with Crippen LogP contribution in [0, 0.1) is 0 Å². The topological polar surface area (TPSA) is 156 Å². The molecule has 0 fully saturated rings. The molecule has 0 radical (unpaired) electrons. The molecular formula is C12H14N6O4. The number of aromatic nitrogens is 4. The number of rotatable bonds is 2. The highest BCUT2D eigenvalue weighted by Crippen LogP contribution is 2.21. The minimum Gasteiger partial charge on any atom is -0.493 e. The Balaban J connectivity index is 2.28. The van der Waals surface area contributed by atoms with Crippen molar-refractivity contribution in [1.29, 1.82) is 0 Å². The fraction of sp³-hybridized carbons (Fsp3) is 0.333. The van der Waals surface area contributed by atoms with Gasteiger partial charge in [0.15, 0.2) is 5.69 Å². The zero-order valence-electron chi connectivity index (χ0n) is 12.1. The number of nitrogens with zero attached hydrogens (tertiary/aromatic N) is 3. The lowest BCUT2D eigenvalue weighted by molar-refractivity contribution is 0.0990. The van der Waals surface area contributed by atoms with Gasteiger partial charge in [-0.2, -0.15) is 5.10 Å². The second-order valence-corrected chi connectivity index (χ2v) is 5.53. The first-order valence-corrected chi connectivity index (χ1v) is 6.26. The van der Waals surface area contributed by atoms with Gasteiger partial charge in [0.1, 0.15) is 0 Å². The molecule has 0 aromatic carbocycles. The molecule has 116 valence electrons. The van der Waals surface area contributed by atoms with Crippen LogP contribution in [-0.4, -0.2) is 31.2 Å². The zero-order chi connectivity index (χ0) is 16.5. The summed E-state index contributed by atoms with van der Waals surface area (Å²) in [6, 6.07) is 1.53. The molecular weight excluding hydrogens is 292 g/mol. The summed E-state index contributed by atoms with van der Waals surface area (Å²) in [6.07, 6.45) is 0. The molecule has 0 aliphatic rings. The number of hydrogen-bond acceptors (Lipinski definition) is 6. The van der Waals surface area contributed by atoms with E-state index < -0.39 is 28.7 Å². The van der Waals surface area contributed by atoms with E-state index >= 15 is 0 Å². The van der Waals surface area contributed by atoms with Crippen molar-refractivity contribution in [2.45, 2.75) is 26.2 Å². The van der Waals surface area contributed by atoms with Gasteiger partial charge in [-0.15, -0.1) is 10.2 Å².